The SMILES string of the molecule is CC=CC1=C(C(=O)NCCNc2ccccc2)CCC1. The van der Waals surface area contributed by atoms with Crippen LogP contribution < -0.4 is 10.6 Å². The molecule has 0 saturated heterocycles. The van der Waals surface area contributed by atoms with Crippen molar-refractivity contribution in [2.45, 2.75) is 26.2 Å². The fraction of sp³-hybridized carbons (Fsp3) is 0.353. The van der Waals surface area contributed by atoms with E-state index < -0.39 is 0 Å². The minimum atomic E-state index is 0.0884. The molecule has 2 N–H and O–H groups in total. The maximum absolute atomic E-state index is 12.1. The summed E-state index contributed by atoms with van der Waals surface area (Å²) in [7, 11) is 0. The van der Waals surface area contributed by atoms with Gasteiger partial charge >= 0.3 is 0 Å². The van der Waals surface area contributed by atoms with Gasteiger partial charge in [-0.2, -0.15) is 0 Å². The van der Waals surface area contributed by atoms with Crippen molar-refractivity contribution >= 4 is 11.6 Å². The van der Waals surface area contributed by atoms with Crippen LogP contribution in [0.2, 0.25) is 0 Å². The average molecular weight is 270 g/mol. The van der Waals surface area contributed by atoms with Crippen LogP contribution in [0.25, 0.3) is 0 Å². The van der Waals surface area contributed by atoms with E-state index in [9.17, 15) is 4.79 Å². The highest BCUT2D eigenvalue weighted by atomic mass is 16.1. The third kappa shape index (κ3) is 3.98. The average Bonchev–Trinajstić information content (AvgIpc) is 2.93. The minimum Gasteiger partial charge on any atom is -0.383 e. The van der Waals surface area contributed by atoms with Crippen molar-refractivity contribution in [3.63, 3.8) is 0 Å². The molecule has 0 fully saturated rings. The summed E-state index contributed by atoms with van der Waals surface area (Å²) in [6.45, 7) is 3.37. The van der Waals surface area contributed by atoms with Crippen molar-refractivity contribution in [2.75, 3.05) is 18.4 Å². The highest BCUT2D eigenvalue weighted by Crippen LogP contribution is 2.26. The fourth-order valence-electron chi connectivity index (χ4n) is 2.46. The summed E-state index contributed by atoms with van der Waals surface area (Å²) in [5, 5.41) is 6.27. The number of allylic oxidation sites excluding steroid dienone is 3. The molecular weight excluding hydrogens is 248 g/mol. The molecule has 0 bridgehead atoms. The molecule has 0 atom stereocenters. The summed E-state index contributed by atoms with van der Waals surface area (Å²) in [5.41, 5.74) is 3.24. The van der Waals surface area contributed by atoms with E-state index in [1.165, 1.54) is 5.57 Å². The molecule has 3 heteroatoms. The van der Waals surface area contributed by atoms with Gasteiger partial charge in [0.25, 0.3) is 0 Å². The standard InChI is InChI=1S/C17H22N2O/c1-2-7-14-8-6-11-16(14)17(20)19-13-12-18-15-9-4-3-5-10-15/h2-5,7,9-10,18H,6,8,11-13H2,1H3,(H,19,20). The lowest BCUT2D eigenvalue weighted by molar-refractivity contribution is -0.117. The zero-order valence-electron chi connectivity index (χ0n) is 12.0. The van der Waals surface area contributed by atoms with E-state index in [0.717, 1.165) is 37.1 Å². The summed E-state index contributed by atoms with van der Waals surface area (Å²) in [5.74, 6) is 0.0884. The molecule has 0 aliphatic heterocycles. The third-order valence-corrected chi connectivity index (χ3v) is 3.42. The molecule has 1 aliphatic rings. The largest absolute Gasteiger partial charge is 0.383 e. The Bertz CT molecular complexity index is 503. The first-order valence-electron chi connectivity index (χ1n) is 7.23. The lowest BCUT2D eigenvalue weighted by Gasteiger charge is -2.09. The summed E-state index contributed by atoms with van der Waals surface area (Å²) in [6.07, 6.45) is 7.08. The normalized spacial score (nSPS) is 14.8. The molecule has 1 aliphatic carbocycles. The van der Waals surface area contributed by atoms with Crippen LogP contribution in [0.1, 0.15) is 26.2 Å². The van der Waals surface area contributed by atoms with Gasteiger partial charge in [0.2, 0.25) is 5.91 Å². The second-order valence-electron chi connectivity index (χ2n) is 4.91. The van der Waals surface area contributed by atoms with Crippen LogP contribution in [0.4, 0.5) is 5.69 Å². The first kappa shape index (κ1) is 14.4. The highest BCUT2D eigenvalue weighted by molar-refractivity contribution is 5.95. The van der Waals surface area contributed by atoms with Crippen molar-refractivity contribution in [2.24, 2.45) is 0 Å². The van der Waals surface area contributed by atoms with Crippen LogP contribution in [0.5, 0.6) is 0 Å². The van der Waals surface area contributed by atoms with Gasteiger partial charge in [-0.3, -0.25) is 4.79 Å². The first-order valence-corrected chi connectivity index (χ1v) is 7.23. The number of carbonyl (C=O) groups is 1. The Morgan fingerprint density at radius 3 is 2.75 bits per heavy atom. The maximum Gasteiger partial charge on any atom is 0.247 e. The summed E-state index contributed by atoms with van der Waals surface area (Å²) >= 11 is 0. The van der Waals surface area contributed by atoms with Crippen molar-refractivity contribution in [3.8, 4) is 0 Å². The number of anilines is 1. The van der Waals surface area contributed by atoms with Gasteiger partial charge < -0.3 is 10.6 Å². The smallest absolute Gasteiger partial charge is 0.247 e. The van der Waals surface area contributed by atoms with E-state index in [4.69, 9.17) is 0 Å². The molecule has 20 heavy (non-hydrogen) atoms. The molecule has 1 aromatic carbocycles. The monoisotopic (exact) mass is 270 g/mol. The van der Waals surface area contributed by atoms with Crippen LogP contribution in [-0.2, 0) is 4.79 Å². The zero-order valence-corrected chi connectivity index (χ0v) is 12.0. The fourth-order valence-corrected chi connectivity index (χ4v) is 2.46. The van der Waals surface area contributed by atoms with E-state index in [1.54, 1.807) is 0 Å². The van der Waals surface area contributed by atoms with E-state index in [-0.39, 0.29) is 5.91 Å². The second kappa shape index (κ2) is 7.53. The first-order chi connectivity index (χ1) is 9.81. The van der Waals surface area contributed by atoms with E-state index in [1.807, 2.05) is 43.3 Å². The van der Waals surface area contributed by atoms with Crippen molar-refractivity contribution in [1.29, 1.82) is 0 Å². The predicted molar refractivity (Wildman–Crippen MR) is 83.6 cm³/mol. The van der Waals surface area contributed by atoms with E-state index in [0.29, 0.717) is 6.54 Å². The van der Waals surface area contributed by atoms with Crippen LogP contribution >= 0.6 is 0 Å². The second-order valence-corrected chi connectivity index (χ2v) is 4.91. The van der Waals surface area contributed by atoms with Gasteiger partial charge in [0, 0.05) is 24.4 Å². The summed E-state index contributed by atoms with van der Waals surface area (Å²) in [6, 6.07) is 10.0. The van der Waals surface area contributed by atoms with Crippen molar-refractivity contribution in [3.05, 3.63) is 53.6 Å². The van der Waals surface area contributed by atoms with Gasteiger partial charge in [-0.15, -0.1) is 0 Å². The number of hydrogen-bond acceptors (Lipinski definition) is 2. The Morgan fingerprint density at radius 1 is 1.20 bits per heavy atom. The van der Waals surface area contributed by atoms with Gasteiger partial charge in [0.1, 0.15) is 0 Å². The molecule has 0 radical (unpaired) electrons. The number of para-hydroxylation sites is 1. The molecule has 0 saturated carbocycles. The van der Waals surface area contributed by atoms with E-state index >= 15 is 0 Å². The van der Waals surface area contributed by atoms with Crippen LogP contribution in [0.3, 0.4) is 0 Å². The van der Waals surface area contributed by atoms with Crippen LogP contribution in [-0.4, -0.2) is 19.0 Å². The molecule has 0 aromatic heterocycles. The molecule has 0 heterocycles. The van der Waals surface area contributed by atoms with Gasteiger partial charge in [-0.1, -0.05) is 30.4 Å². The molecule has 1 amide bonds. The van der Waals surface area contributed by atoms with Gasteiger partial charge in [0.15, 0.2) is 0 Å². The van der Waals surface area contributed by atoms with E-state index in [2.05, 4.69) is 16.7 Å². The lowest BCUT2D eigenvalue weighted by Crippen LogP contribution is -2.29. The topological polar surface area (TPSA) is 41.1 Å². The Balaban J connectivity index is 1.77. The number of carbonyl (C=O) groups excluding carboxylic acids is 1. The quantitative estimate of drug-likeness (QED) is 0.779. The van der Waals surface area contributed by atoms with Crippen molar-refractivity contribution < 1.29 is 4.79 Å². The Kier molecular flexibility index (Phi) is 5.42. The van der Waals surface area contributed by atoms with Gasteiger partial charge in [-0.05, 0) is 43.9 Å². The number of nitrogens with one attached hydrogen (secondary N) is 2. The molecule has 0 spiro atoms. The molecule has 0 unspecified atom stereocenters. The number of amides is 1. The zero-order chi connectivity index (χ0) is 14.2. The van der Waals surface area contributed by atoms with Crippen LogP contribution in [0.15, 0.2) is 53.6 Å². The lowest BCUT2D eigenvalue weighted by atomic mass is 10.1. The van der Waals surface area contributed by atoms with Crippen LogP contribution in [0, 0.1) is 0 Å². The van der Waals surface area contributed by atoms with Gasteiger partial charge in [0.05, 0.1) is 0 Å². The summed E-state index contributed by atoms with van der Waals surface area (Å²) < 4.78 is 0. The molecule has 106 valence electrons. The number of hydrogen-bond donors (Lipinski definition) is 2. The number of benzene rings is 1. The third-order valence-electron chi connectivity index (χ3n) is 3.42. The molecule has 1 aromatic rings. The Morgan fingerprint density at radius 2 is 2.00 bits per heavy atom. The molecule has 3 nitrogen and oxygen atoms in total. The molecule has 2 rings (SSSR count). The summed E-state index contributed by atoms with van der Waals surface area (Å²) in [4.78, 5) is 12.1. The number of rotatable bonds is 6. The maximum atomic E-state index is 12.1. The molecular formula is C17H22N2O. The van der Waals surface area contributed by atoms with Crippen molar-refractivity contribution in [1.82, 2.24) is 5.32 Å². The Hall–Kier alpha value is -2.03. The predicted octanol–water partition coefficient (Wildman–Crippen LogP) is 3.27. The Labute approximate surface area is 120 Å². The van der Waals surface area contributed by atoms with Gasteiger partial charge in [-0.25, -0.2) is 0 Å². The minimum absolute atomic E-state index is 0.0884. The highest BCUT2D eigenvalue weighted by Gasteiger charge is 2.18.